The molecule has 12 heavy (non-hydrogen) atoms. The minimum atomic E-state index is -2.25. The Bertz CT molecular complexity index is 156. The molecule has 2 unspecified atom stereocenters. The Kier molecular flexibility index (Phi) is 3.80. The van der Waals surface area contributed by atoms with E-state index in [1.807, 2.05) is 0 Å². The van der Waals surface area contributed by atoms with Crippen LogP contribution in [0.1, 0.15) is 0 Å². The maximum Gasteiger partial charge on any atom is 0.508 e. The van der Waals surface area contributed by atoms with E-state index in [1.165, 1.54) is 0 Å². The molecule has 0 aliphatic carbocycles. The quantitative estimate of drug-likeness (QED) is 0.323. The largest absolute Gasteiger partial charge is 0.508 e. The van der Waals surface area contributed by atoms with Crippen LogP contribution in [0.25, 0.3) is 0 Å². The van der Waals surface area contributed by atoms with Gasteiger partial charge in [-0.1, -0.05) is 0 Å². The van der Waals surface area contributed by atoms with Gasteiger partial charge in [-0.3, -0.25) is 0 Å². The van der Waals surface area contributed by atoms with Crippen molar-refractivity contribution in [2.45, 2.75) is 12.6 Å². The number of aliphatic hydroxyl groups is 2. The monoisotopic (exact) mass is 182 g/mol. The van der Waals surface area contributed by atoms with Crippen molar-refractivity contribution >= 4 is 12.3 Å². The van der Waals surface area contributed by atoms with Crippen molar-refractivity contribution in [2.24, 2.45) is 0 Å². The summed E-state index contributed by atoms with van der Waals surface area (Å²) in [6, 6.07) is 0. The van der Waals surface area contributed by atoms with Gasteiger partial charge in [0.05, 0.1) is 0 Å². The fourth-order valence-electron chi connectivity index (χ4n) is 0.323. The maximum atomic E-state index is 9.70. The molecular formula is C4H6O8. The Morgan fingerprint density at radius 3 is 1.33 bits per heavy atom. The molecule has 0 saturated carbocycles. The Balaban J connectivity index is 3.83. The molecule has 2 atom stereocenters. The molecule has 0 spiro atoms. The molecule has 0 bridgehead atoms. The SMILES string of the molecule is O=C(O)OC(O)C(O)OC(=O)O. The Hall–Kier alpha value is -1.54. The van der Waals surface area contributed by atoms with Crippen LogP contribution in [0, 0.1) is 0 Å². The molecule has 8 nitrogen and oxygen atoms in total. The summed E-state index contributed by atoms with van der Waals surface area (Å²) in [7, 11) is 0. The van der Waals surface area contributed by atoms with E-state index in [1.54, 1.807) is 0 Å². The van der Waals surface area contributed by atoms with Gasteiger partial charge in [0.2, 0.25) is 0 Å². The Labute approximate surface area is 65.6 Å². The molecule has 0 saturated heterocycles. The van der Waals surface area contributed by atoms with E-state index in [9.17, 15) is 9.59 Å². The zero-order valence-electron chi connectivity index (χ0n) is 5.58. The molecule has 0 aliphatic rings. The summed E-state index contributed by atoms with van der Waals surface area (Å²) < 4.78 is 7.09. The highest BCUT2D eigenvalue weighted by Gasteiger charge is 2.23. The molecule has 0 aromatic carbocycles. The van der Waals surface area contributed by atoms with Crippen LogP contribution in [0.3, 0.4) is 0 Å². The van der Waals surface area contributed by atoms with Crippen molar-refractivity contribution in [3.63, 3.8) is 0 Å². The lowest BCUT2D eigenvalue weighted by Gasteiger charge is -2.14. The molecular weight excluding hydrogens is 176 g/mol. The molecule has 0 aromatic heterocycles. The maximum absolute atomic E-state index is 9.70. The summed E-state index contributed by atoms with van der Waals surface area (Å²) in [5.74, 6) is 0. The van der Waals surface area contributed by atoms with Gasteiger partial charge in [0.25, 0.3) is 12.6 Å². The highest BCUT2D eigenvalue weighted by atomic mass is 16.8. The first-order valence-corrected chi connectivity index (χ1v) is 2.58. The lowest BCUT2D eigenvalue weighted by atomic mass is 10.6. The van der Waals surface area contributed by atoms with Crippen LogP contribution in [0.15, 0.2) is 0 Å². The van der Waals surface area contributed by atoms with Crippen LogP contribution >= 0.6 is 0 Å². The highest BCUT2D eigenvalue weighted by molar-refractivity contribution is 5.58. The van der Waals surface area contributed by atoms with E-state index >= 15 is 0 Å². The average molecular weight is 182 g/mol. The van der Waals surface area contributed by atoms with Crippen LogP contribution in [0.2, 0.25) is 0 Å². The van der Waals surface area contributed by atoms with Gasteiger partial charge in [-0.05, 0) is 0 Å². The smallest absolute Gasteiger partial charge is 0.450 e. The molecule has 0 aromatic rings. The third-order valence-corrected chi connectivity index (χ3v) is 0.687. The molecule has 0 rings (SSSR count). The van der Waals surface area contributed by atoms with E-state index < -0.39 is 24.9 Å². The number of hydrogen-bond acceptors (Lipinski definition) is 6. The highest BCUT2D eigenvalue weighted by Crippen LogP contribution is 1.98. The van der Waals surface area contributed by atoms with E-state index in [4.69, 9.17) is 20.4 Å². The van der Waals surface area contributed by atoms with E-state index in [0.717, 1.165) is 0 Å². The van der Waals surface area contributed by atoms with Gasteiger partial charge in [-0.25, -0.2) is 9.59 Å². The number of carbonyl (C=O) groups is 2. The summed E-state index contributed by atoms with van der Waals surface area (Å²) in [6.07, 6.45) is -8.23. The first-order chi connectivity index (χ1) is 5.43. The fraction of sp³-hybridized carbons (Fsp3) is 0.500. The number of rotatable bonds is 3. The predicted molar refractivity (Wildman–Crippen MR) is 30.2 cm³/mol. The van der Waals surface area contributed by atoms with E-state index in [-0.39, 0.29) is 0 Å². The van der Waals surface area contributed by atoms with Crippen molar-refractivity contribution < 1.29 is 39.5 Å². The van der Waals surface area contributed by atoms with Crippen molar-refractivity contribution in [3.05, 3.63) is 0 Å². The van der Waals surface area contributed by atoms with Gasteiger partial charge in [-0.15, -0.1) is 0 Å². The standard InChI is InChI=1S/C4H6O8/c5-1(11-3(7)8)2(6)12-4(9)10/h1-2,5-6H,(H,7,8)(H,9,10). The summed E-state index contributed by atoms with van der Waals surface area (Å²) in [6.45, 7) is 0. The van der Waals surface area contributed by atoms with Crippen LogP contribution in [0.5, 0.6) is 0 Å². The average Bonchev–Trinajstić information content (AvgIpc) is 1.84. The molecule has 0 radical (unpaired) electrons. The molecule has 4 N–H and O–H groups in total. The van der Waals surface area contributed by atoms with Crippen LogP contribution in [-0.2, 0) is 9.47 Å². The normalized spacial score (nSPS) is 14.5. The molecule has 0 heterocycles. The van der Waals surface area contributed by atoms with Gasteiger partial charge < -0.3 is 29.9 Å². The third-order valence-electron chi connectivity index (χ3n) is 0.687. The first-order valence-electron chi connectivity index (χ1n) is 2.58. The van der Waals surface area contributed by atoms with Gasteiger partial charge in [-0.2, -0.15) is 0 Å². The summed E-state index contributed by atoms with van der Waals surface area (Å²) in [5.41, 5.74) is 0. The summed E-state index contributed by atoms with van der Waals surface area (Å²) in [4.78, 5) is 19.4. The lowest BCUT2D eigenvalue weighted by Crippen LogP contribution is -2.34. The van der Waals surface area contributed by atoms with Crippen molar-refractivity contribution in [1.29, 1.82) is 0 Å². The van der Waals surface area contributed by atoms with E-state index in [0.29, 0.717) is 0 Å². The van der Waals surface area contributed by atoms with Crippen LogP contribution in [-0.4, -0.2) is 45.3 Å². The molecule has 0 aliphatic heterocycles. The van der Waals surface area contributed by atoms with Crippen molar-refractivity contribution in [1.82, 2.24) is 0 Å². The molecule has 70 valence electrons. The fourth-order valence-corrected chi connectivity index (χ4v) is 0.323. The minimum Gasteiger partial charge on any atom is -0.450 e. The zero-order valence-corrected chi connectivity index (χ0v) is 5.58. The van der Waals surface area contributed by atoms with Crippen molar-refractivity contribution in [3.8, 4) is 0 Å². The number of carboxylic acid groups (broad SMARTS) is 2. The molecule has 8 heteroatoms. The Morgan fingerprint density at radius 2 is 1.17 bits per heavy atom. The van der Waals surface area contributed by atoms with E-state index in [2.05, 4.69) is 9.47 Å². The van der Waals surface area contributed by atoms with Gasteiger partial charge >= 0.3 is 12.3 Å². The minimum absolute atomic E-state index is 1.87. The molecule has 0 fully saturated rings. The summed E-state index contributed by atoms with van der Waals surface area (Å²) in [5, 5.41) is 32.7. The van der Waals surface area contributed by atoms with Gasteiger partial charge in [0, 0.05) is 0 Å². The second-order valence-corrected chi connectivity index (χ2v) is 1.55. The topological polar surface area (TPSA) is 134 Å². The Morgan fingerprint density at radius 1 is 0.917 bits per heavy atom. The molecule has 0 amide bonds. The van der Waals surface area contributed by atoms with Gasteiger partial charge in [0.15, 0.2) is 0 Å². The first kappa shape index (κ1) is 10.5. The number of aliphatic hydroxyl groups excluding tert-OH is 2. The second kappa shape index (κ2) is 4.36. The zero-order chi connectivity index (χ0) is 9.72. The predicted octanol–water partition coefficient (Wildman–Crippen LogP) is -0.988. The summed E-state index contributed by atoms with van der Waals surface area (Å²) >= 11 is 0. The van der Waals surface area contributed by atoms with Gasteiger partial charge in [0.1, 0.15) is 0 Å². The number of hydrogen-bond donors (Lipinski definition) is 4. The van der Waals surface area contributed by atoms with Crippen molar-refractivity contribution in [2.75, 3.05) is 0 Å². The third kappa shape index (κ3) is 4.30. The van der Waals surface area contributed by atoms with Crippen LogP contribution in [0.4, 0.5) is 9.59 Å². The second-order valence-electron chi connectivity index (χ2n) is 1.55. The van der Waals surface area contributed by atoms with Crippen LogP contribution < -0.4 is 0 Å². The lowest BCUT2D eigenvalue weighted by molar-refractivity contribution is -0.217. The number of ether oxygens (including phenoxy) is 2.